The summed E-state index contributed by atoms with van der Waals surface area (Å²) in [5.74, 6) is 0. The lowest BCUT2D eigenvalue weighted by Crippen LogP contribution is -2.18. The van der Waals surface area contributed by atoms with Crippen LogP contribution in [0.3, 0.4) is 0 Å². The number of halogens is 1. The molecule has 0 radical (unpaired) electrons. The number of unbranched alkanes of at least 4 members (excludes halogenated alkanes) is 2. The molecule has 3 heteroatoms. The molecule has 0 unspecified atom stereocenters. The lowest BCUT2D eigenvalue weighted by molar-refractivity contribution is 0.705. The van der Waals surface area contributed by atoms with Crippen LogP contribution in [0, 0.1) is 0 Å². The molecule has 0 aliphatic rings. The van der Waals surface area contributed by atoms with Gasteiger partial charge in [-0.25, -0.2) is 0 Å². The Hall–Kier alpha value is -0.730. The molecule has 0 saturated carbocycles. The Morgan fingerprint density at radius 2 is 2.06 bits per heavy atom. The average molecular weight is 255 g/mol. The predicted molar refractivity (Wildman–Crippen MR) is 77.0 cm³/mol. The van der Waals surface area contributed by atoms with Crippen LogP contribution in [0.5, 0.6) is 0 Å². The summed E-state index contributed by atoms with van der Waals surface area (Å²) in [6, 6.07) is 6.30. The number of anilines is 1. The first kappa shape index (κ1) is 14.3. The molecule has 0 saturated heterocycles. The maximum atomic E-state index is 6.25. The zero-order chi connectivity index (χ0) is 12.7. The third kappa shape index (κ3) is 4.57. The van der Waals surface area contributed by atoms with Crippen molar-refractivity contribution in [3.05, 3.63) is 28.8 Å². The highest BCUT2D eigenvalue weighted by Gasteiger charge is 2.04. The smallest absolute Gasteiger partial charge is 0.0471 e. The van der Waals surface area contributed by atoms with E-state index in [1.54, 1.807) is 0 Å². The highest BCUT2D eigenvalue weighted by Crippen LogP contribution is 2.23. The molecule has 0 spiro atoms. The van der Waals surface area contributed by atoms with E-state index in [4.69, 9.17) is 11.6 Å². The molecule has 0 aliphatic heterocycles. The predicted octanol–water partition coefficient (Wildman–Crippen LogP) is 3.69. The number of nitrogens with one attached hydrogen (secondary N) is 1. The van der Waals surface area contributed by atoms with Crippen molar-refractivity contribution in [3.63, 3.8) is 0 Å². The molecule has 1 rings (SSSR count). The third-order valence-corrected chi connectivity index (χ3v) is 3.29. The SMILES string of the molecule is CCCCCN(C)c1ccc(CNC)c(Cl)c1. The number of hydrogen-bond acceptors (Lipinski definition) is 2. The minimum Gasteiger partial charge on any atom is -0.375 e. The fourth-order valence-electron chi connectivity index (χ4n) is 1.84. The average Bonchev–Trinajstić information content (AvgIpc) is 2.32. The molecular weight excluding hydrogens is 232 g/mol. The molecule has 0 aliphatic carbocycles. The third-order valence-electron chi connectivity index (χ3n) is 2.94. The Kier molecular flexibility index (Phi) is 6.38. The van der Waals surface area contributed by atoms with Crippen LogP contribution in [0.25, 0.3) is 0 Å². The second kappa shape index (κ2) is 7.57. The van der Waals surface area contributed by atoms with Crippen LogP contribution >= 0.6 is 11.6 Å². The molecule has 96 valence electrons. The van der Waals surface area contributed by atoms with Crippen LogP contribution < -0.4 is 10.2 Å². The van der Waals surface area contributed by atoms with Gasteiger partial charge in [-0.2, -0.15) is 0 Å². The van der Waals surface area contributed by atoms with E-state index in [0.717, 1.165) is 23.7 Å². The fourth-order valence-corrected chi connectivity index (χ4v) is 2.08. The zero-order valence-corrected chi connectivity index (χ0v) is 11.8. The van der Waals surface area contributed by atoms with Gasteiger partial charge in [0, 0.05) is 30.8 Å². The van der Waals surface area contributed by atoms with E-state index in [9.17, 15) is 0 Å². The van der Waals surface area contributed by atoms with E-state index in [0.29, 0.717) is 0 Å². The van der Waals surface area contributed by atoms with Crippen molar-refractivity contribution >= 4 is 17.3 Å². The molecular formula is C14H23ClN2. The number of hydrogen-bond donors (Lipinski definition) is 1. The van der Waals surface area contributed by atoms with Gasteiger partial charge in [0.15, 0.2) is 0 Å². The molecule has 0 amide bonds. The summed E-state index contributed by atoms with van der Waals surface area (Å²) in [6.45, 7) is 4.14. The van der Waals surface area contributed by atoms with Crippen LogP contribution in [-0.4, -0.2) is 20.6 Å². The number of rotatable bonds is 7. The normalized spacial score (nSPS) is 10.6. The molecule has 1 aromatic carbocycles. The maximum absolute atomic E-state index is 6.25. The largest absolute Gasteiger partial charge is 0.375 e. The van der Waals surface area contributed by atoms with Gasteiger partial charge in [-0.05, 0) is 31.2 Å². The van der Waals surface area contributed by atoms with Gasteiger partial charge in [0.2, 0.25) is 0 Å². The van der Waals surface area contributed by atoms with Crippen LogP contribution in [0.1, 0.15) is 31.7 Å². The van der Waals surface area contributed by atoms with Crippen LogP contribution in [0.15, 0.2) is 18.2 Å². The van der Waals surface area contributed by atoms with E-state index in [1.165, 1.54) is 24.9 Å². The van der Waals surface area contributed by atoms with E-state index in [1.807, 2.05) is 7.05 Å². The van der Waals surface area contributed by atoms with Gasteiger partial charge in [-0.3, -0.25) is 0 Å². The van der Waals surface area contributed by atoms with Crippen molar-refractivity contribution in [1.82, 2.24) is 5.32 Å². The standard InChI is InChI=1S/C14H23ClN2/c1-4-5-6-9-17(3)13-8-7-12(11-16-2)14(15)10-13/h7-8,10,16H,4-6,9,11H2,1-3H3. The summed E-state index contributed by atoms with van der Waals surface area (Å²) in [4.78, 5) is 2.27. The Balaban J connectivity index is 2.62. The lowest BCUT2D eigenvalue weighted by atomic mass is 10.2. The van der Waals surface area contributed by atoms with Gasteiger partial charge < -0.3 is 10.2 Å². The monoisotopic (exact) mass is 254 g/mol. The first-order valence-electron chi connectivity index (χ1n) is 6.33. The Morgan fingerprint density at radius 1 is 1.29 bits per heavy atom. The Morgan fingerprint density at radius 3 is 2.65 bits per heavy atom. The first-order chi connectivity index (χ1) is 8.19. The van der Waals surface area contributed by atoms with Crippen LogP contribution in [0.4, 0.5) is 5.69 Å². The second-order valence-electron chi connectivity index (χ2n) is 4.43. The van der Waals surface area contributed by atoms with Crippen molar-refractivity contribution in [1.29, 1.82) is 0 Å². The summed E-state index contributed by atoms with van der Waals surface area (Å²) < 4.78 is 0. The van der Waals surface area contributed by atoms with Gasteiger partial charge >= 0.3 is 0 Å². The summed E-state index contributed by atoms with van der Waals surface area (Å²) in [6.07, 6.45) is 3.79. The summed E-state index contributed by atoms with van der Waals surface area (Å²) >= 11 is 6.25. The molecule has 1 N–H and O–H groups in total. The van der Waals surface area contributed by atoms with Crippen molar-refractivity contribution < 1.29 is 0 Å². The highest BCUT2D eigenvalue weighted by atomic mass is 35.5. The summed E-state index contributed by atoms with van der Waals surface area (Å²) in [5, 5.41) is 3.96. The van der Waals surface area contributed by atoms with Crippen molar-refractivity contribution in [2.75, 3.05) is 25.5 Å². The van der Waals surface area contributed by atoms with E-state index in [-0.39, 0.29) is 0 Å². The maximum Gasteiger partial charge on any atom is 0.0471 e. The van der Waals surface area contributed by atoms with Crippen molar-refractivity contribution in [2.24, 2.45) is 0 Å². The molecule has 17 heavy (non-hydrogen) atoms. The molecule has 0 fully saturated rings. The molecule has 0 heterocycles. The summed E-state index contributed by atoms with van der Waals surface area (Å²) in [5.41, 5.74) is 2.35. The topological polar surface area (TPSA) is 15.3 Å². The second-order valence-corrected chi connectivity index (χ2v) is 4.84. The molecule has 0 bridgehead atoms. The van der Waals surface area contributed by atoms with Crippen LogP contribution in [-0.2, 0) is 6.54 Å². The summed E-state index contributed by atoms with van der Waals surface area (Å²) in [7, 11) is 4.06. The first-order valence-corrected chi connectivity index (χ1v) is 6.71. The van der Waals surface area contributed by atoms with Gasteiger partial charge in [0.1, 0.15) is 0 Å². The lowest BCUT2D eigenvalue weighted by Gasteiger charge is -2.20. The minimum atomic E-state index is 0.818. The number of benzene rings is 1. The minimum absolute atomic E-state index is 0.818. The molecule has 0 atom stereocenters. The van der Waals surface area contributed by atoms with Gasteiger partial charge in [-0.15, -0.1) is 0 Å². The number of nitrogens with zero attached hydrogens (tertiary/aromatic N) is 1. The Labute approximate surface area is 110 Å². The molecule has 0 aromatic heterocycles. The highest BCUT2D eigenvalue weighted by molar-refractivity contribution is 6.31. The quantitative estimate of drug-likeness (QED) is 0.747. The van der Waals surface area contributed by atoms with Gasteiger partial charge in [0.05, 0.1) is 0 Å². The molecule has 2 nitrogen and oxygen atoms in total. The van der Waals surface area contributed by atoms with Crippen molar-refractivity contribution in [3.8, 4) is 0 Å². The van der Waals surface area contributed by atoms with Gasteiger partial charge in [0.25, 0.3) is 0 Å². The molecule has 1 aromatic rings. The van der Waals surface area contributed by atoms with Crippen LogP contribution in [0.2, 0.25) is 5.02 Å². The van der Waals surface area contributed by atoms with E-state index in [2.05, 4.69) is 42.4 Å². The zero-order valence-electron chi connectivity index (χ0n) is 11.1. The Bertz CT molecular complexity index is 339. The van der Waals surface area contributed by atoms with Crippen molar-refractivity contribution in [2.45, 2.75) is 32.7 Å². The fraction of sp³-hybridized carbons (Fsp3) is 0.571. The van der Waals surface area contributed by atoms with E-state index < -0.39 is 0 Å². The van der Waals surface area contributed by atoms with Gasteiger partial charge in [-0.1, -0.05) is 37.4 Å². The van der Waals surface area contributed by atoms with E-state index >= 15 is 0 Å².